The van der Waals surface area contributed by atoms with Crippen LogP contribution < -0.4 is 10.0 Å². The summed E-state index contributed by atoms with van der Waals surface area (Å²) in [5.41, 5.74) is 2.72. The van der Waals surface area contributed by atoms with Crippen LogP contribution in [0.3, 0.4) is 0 Å². The number of hydrogen-bond donors (Lipinski definition) is 2. The van der Waals surface area contributed by atoms with Crippen molar-refractivity contribution in [3.63, 3.8) is 0 Å². The summed E-state index contributed by atoms with van der Waals surface area (Å²) in [6, 6.07) is 11.1. The van der Waals surface area contributed by atoms with E-state index in [2.05, 4.69) is 10.0 Å². The molecule has 1 atom stereocenters. The Balaban J connectivity index is 1.45. The third kappa shape index (κ3) is 4.74. The second-order valence-corrected chi connectivity index (χ2v) is 10.1. The molecule has 1 saturated heterocycles. The minimum absolute atomic E-state index is 0.0777. The van der Waals surface area contributed by atoms with Crippen molar-refractivity contribution < 1.29 is 18.0 Å². The number of likely N-dealkylation sites (tertiary alicyclic amines) is 1. The van der Waals surface area contributed by atoms with Crippen LogP contribution in [0.1, 0.15) is 47.2 Å². The normalized spacial score (nSPS) is 18.6. The SMILES string of the molecule is Cc1ccc(S(=O)(=O)Nc2ccc(C(=O)N3CCCC3C(=O)NC3CC3)cc2)cc1C. The van der Waals surface area contributed by atoms with Crippen molar-refractivity contribution in [3.05, 3.63) is 59.2 Å². The maximum absolute atomic E-state index is 13.0. The van der Waals surface area contributed by atoms with Gasteiger partial charge in [0.2, 0.25) is 5.91 Å². The smallest absolute Gasteiger partial charge is 0.261 e. The topological polar surface area (TPSA) is 95.6 Å². The van der Waals surface area contributed by atoms with Crippen molar-refractivity contribution in [1.29, 1.82) is 0 Å². The van der Waals surface area contributed by atoms with Crippen molar-refractivity contribution in [1.82, 2.24) is 10.2 Å². The van der Waals surface area contributed by atoms with E-state index < -0.39 is 16.1 Å². The predicted molar refractivity (Wildman–Crippen MR) is 118 cm³/mol. The Labute approximate surface area is 182 Å². The average molecular weight is 442 g/mol. The molecule has 1 heterocycles. The summed E-state index contributed by atoms with van der Waals surface area (Å²) in [6.07, 6.45) is 3.47. The Kier molecular flexibility index (Phi) is 5.75. The molecule has 8 heteroatoms. The molecule has 0 aromatic heterocycles. The van der Waals surface area contributed by atoms with Crippen LogP contribution in [0.5, 0.6) is 0 Å². The van der Waals surface area contributed by atoms with Gasteiger partial charge in [0.15, 0.2) is 0 Å². The van der Waals surface area contributed by atoms with E-state index in [1.165, 1.54) is 0 Å². The predicted octanol–water partition coefficient (Wildman–Crippen LogP) is 2.99. The summed E-state index contributed by atoms with van der Waals surface area (Å²) < 4.78 is 27.9. The fourth-order valence-corrected chi connectivity index (χ4v) is 4.89. The van der Waals surface area contributed by atoms with Crippen LogP contribution in [0.4, 0.5) is 5.69 Å². The van der Waals surface area contributed by atoms with Crippen molar-refractivity contribution in [2.24, 2.45) is 0 Å². The molecule has 164 valence electrons. The van der Waals surface area contributed by atoms with Gasteiger partial charge in [-0.05, 0) is 87.1 Å². The standard InChI is InChI=1S/C23H27N3O4S/c1-15-5-12-20(14-16(15)2)31(29,30)25-19-8-6-17(7-9-19)23(28)26-13-3-4-21(26)22(27)24-18-10-11-18/h5-9,12,14,18,21,25H,3-4,10-11,13H2,1-2H3,(H,24,27). The number of rotatable bonds is 6. The first kappa shape index (κ1) is 21.4. The molecular formula is C23H27N3O4S. The Morgan fingerprint density at radius 2 is 1.68 bits per heavy atom. The van der Waals surface area contributed by atoms with Gasteiger partial charge in [-0.1, -0.05) is 6.07 Å². The first-order chi connectivity index (χ1) is 14.7. The summed E-state index contributed by atoms with van der Waals surface area (Å²) in [7, 11) is -3.73. The summed E-state index contributed by atoms with van der Waals surface area (Å²) in [5.74, 6) is -0.289. The first-order valence-electron chi connectivity index (χ1n) is 10.6. The molecule has 2 amide bonds. The number of benzene rings is 2. The number of nitrogens with one attached hydrogen (secondary N) is 2. The molecule has 1 unspecified atom stereocenters. The van der Waals surface area contributed by atoms with Gasteiger partial charge in [0.05, 0.1) is 4.90 Å². The minimum atomic E-state index is -3.73. The Bertz CT molecular complexity index is 1110. The monoisotopic (exact) mass is 441 g/mol. The Hall–Kier alpha value is -2.87. The Morgan fingerprint density at radius 3 is 2.32 bits per heavy atom. The van der Waals surface area contributed by atoms with E-state index >= 15 is 0 Å². The van der Waals surface area contributed by atoms with Gasteiger partial charge >= 0.3 is 0 Å². The summed E-state index contributed by atoms with van der Waals surface area (Å²) in [6.45, 7) is 4.34. The lowest BCUT2D eigenvalue weighted by atomic mass is 10.1. The molecule has 31 heavy (non-hydrogen) atoms. The maximum atomic E-state index is 13.0. The molecule has 0 spiro atoms. The maximum Gasteiger partial charge on any atom is 0.261 e. The number of hydrogen-bond acceptors (Lipinski definition) is 4. The first-order valence-corrected chi connectivity index (χ1v) is 12.0. The zero-order chi connectivity index (χ0) is 22.2. The molecule has 1 saturated carbocycles. The number of carbonyl (C=O) groups is 2. The molecule has 1 aliphatic carbocycles. The molecule has 0 radical (unpaired) electrons. The highest BCUT2D eigenvalue weighted by atomic mass is 32.2. The highest BCUT2D eigenvalue weighted by molar-refractivity contribution is 7.92. The molecular weight excluding hydrogens is 414 g/mol. The van der Waals surface area contributed by atoms with Gasteiger partial charge in [0, 0.05) is 23.8 Å². The van der Waals surface area contributed by atoms with Crippen LogP contribution in [0.25, 0.3) is 0 Å². The molecule has 0 bridgehead atoms. The minimum Gasteiger partial charge on any atom is -0.352 e. The zero-order valence-corrected chi connectivity index (χ0v) is 18.5. The quantitative estimate of drug-likeness (QED) is 0.720. The van der Waals surface area contributed by atoms with Gasteiger partial charge < -0.3 is 10.2 Å². The summed E-state index contributed by atoms with van der Waals surface area (Å²) in [4.78, 5) is 27.2. The third-order valence-electron chi connectivity index (χ3n) is 5.91. The molecule has 2 aromatic rings. The highest BCUT2D eigenvalue weighted by Crippen LogP contribution is 2.25. The van der Waals surface area contributed by atoms with Crippen LogP contribution in [0.15, 0.2) is 47.4 Å². The summed E-state index contributed by atoms with van der Waals surface area (Å²) in [5, 5.41) is 2.98. The molecule has 4 rings (SSSR count). The summed E-state index contributed by atoms with van der Waals surface area (Å²) >= 11 is 0. The van der Waals surface area contributed by atoms with Gasteiger partial charge in [0.25, 0.3) is 15.9 Å². The number of amides is 2. The van der Waals surface area contributed by atoms with E-state index in [-0.39, 0.29) is 22.8 Å². The molecule has 7 nitrogen and oxygen atoms in total. The second kappa shape index (κ2) is 8.34. The number of anilines is 1. The van der Waals surface area contributed by atoms with Crippen molar-refractivity contribution >= 4 is 27.5 Å². The fourth-order valence-electron chi connectivity index (χ4n) is 3.75. The molecule has 2 aromatic carbocycles. The van der Waals surface area contributed by atoms with Gasteiger partial charge in [-0.25, -0.2) is 8.42 Å². The van der Waals surface area contributed by atoms with Crippen molar-refractivity contribution in [2.75, 3.05) is 11.3 Å². The van der Waals surface area contributed by atoms with Crippen LogP contribution in [-0.2, 0) is 14.8 Å². The highest BCUT2D eigenvalue weighted by Gasteiger charge is 2.36. The number of nitrogens with zero attached hydrogens (tertiary/aromatic N) is 1. The van der Waals surface area contributed by atoms with Crippen LogP contribution >= 0.6 is 0 Å². The Morgan fingerprint density at radius 1 is 0.968 bits per heavy atom. The van der Waals surface area contributed by atoms with Crippen molar-refractivity contribution in [2.45, 2.75) is 56.5 Å². The number of carbonyl (C=O) groups excluding carboxylic acids is 2. The van der Waals surface area contributed by atoms with Crippen molar-refractivity contribution in [3.8, 4) is 0 Å². The van der Waals surface area contributed by atoms with Gasteiger partial charge in [-0.15, -0.1) is 0 Å². The fraction of sp³-hybridized carbons (Fsp3) is 0.391. The lowest BCUT2D eigenvalue weighted by molar-refractivity contribution is -0.125. The molecule has 2 fully saturated rings. The average Bonchev–Trinajstić information content (AvgIpc) is 3.41. The van der Waals surface area contributed by atoms with E-state index in [1.807, 2.05) is 13.8 Å². The third-order valence-corrected chi connectivity index (χ3v) is 7.29. The molecule has 2 N–H and O–H groups in total. The van der Waals surface area contributed by atoms with Crippen LogP contribution in [0.2, 0.25) is 0 Å². The molecule has 1 aliphatic heterocycles. The van der Waals surface area contributed by atoms with E-state index in [0.29, 0.717) is 24.2 Å². The van der Waals surface area contributed by atoms with Gasteiger partial charge in [-0.2, -0.15) is 0 Å². The van der Waals surface area contributed by atoms with Crippen LogP contribution in [-0.4, -0.2) is 43.8 Å². The number of sulfonamides is 1. The molecule has 2 aliphatic rings. The number of aryl methyl sites for hydroxylation is 2. The lowest BCUT2D eigenvalue weighted by Gasteiger charge is -2.24. The lowest BCUT2D eigenvalue weighted by Crippen LogP contribution is -2.46. The van der Waals surface area contributed by atoms with E-state index in [9.17, 15) is 18.0 Å². The van der Waals surface area contributed by atoms with Crippen LogP contribution in [0, 0.1) is 13.8 Å². The largest absolute Gasteiger partial charge is 0.352 e. The van der Waals surface area contributed by atoms with E-state index in [1.54, 1.807) is 47.4 Å². The van der Waals surface area contributed by atoms with E-state index in [4.69, 9.17) is 0 Å². The zero-order valence-electron chi connectivity index (χ0n) is 17.7. The van der Waals surface area contributed by atoms with E-state index in [0.717, 1.165) is 30.4 Å². The van der Waals surface area contributed by atoms with Gasteiger partial charge in [0.1, 0.15) is 6.04 Å². The second-order valence-electron chi connectivity index (χ2n) is 8.37. The van der Waals surface area contributed by atoms with Gasteiger partial charge in [-0.3, -0.25) is 14.3 Å².